The van der Waals surface area contributed by atoms with Crippen LogP contribution in [0.25, 0.3) is 0 Å². The second-order valence-corrected chi connectivity index (χ2v) is 6.02. The lowest BCUT2D eigenvalue weighted by molar-refractivity contribution is 0.102. The molecule has 1 aromatic heterocycles. The van der Waals surface area contributed by atoms with Crippen LogP contribution in [0.2, 0.25) is 0 Å². The summed E-state index contributed by atoms with van der Waals surface area (Å²) in [6.07, 6.45) is 0. The summed E-state index contributed by atoms with van der Waals surface area (Å²) in [5, 5.41) is 4.55. The Morgan fingerprint density at radius 3 is 2.77 bits per heavy atom. The van der Waals surface area contributed by atoms with Gasteiger partial charge in [0.15, 0.2) is 11.6 Å². The number of halogens is 1. The van der Waals surface area contributed by atoms with Crippen molar-refractivity contribution in [3.05, 3.63) is 70.4 Å². The fraction of sp³-hybridized carbons (Fsp3) is 0.158. The van der Waals surface area contributed by atoms with E-state index in [0.29, 0.717) is 23.6 Å². The number of thiazole rings is 1. The minimum atomic E-state index is -0.530. The van der Waals surface area contributed by atoms with E-state index < -0.39 is 5.82 Å². The van der Waals surface area contributed by atoms with Gasteiger partial charge in [-0.2, -0.15) is 0 Å². The highest BCUT2D eigenvalue weighted by atomic mass is 32.1. The molecule has 0 bridgehead atoms. The van der Waals surface area contributed by atoms with E-state index in [1.165, 1.54) is 23.5 Å². The van der Waals surface area contributed by atoms with Gasteiger partial charge in [-0.05, 0) is 31.2 Å². The first kappa shape index (κ1) is 17.9. The molecule has 3 aromatic rings. The summed E-state index contributed by atoms with van der Waals surface area (Å²) in [6.45, 7) is 2.41. The zero-order valence-electron chi connectivity index (χ0n) is 14.1. The molecule has 0 radical (unpaired) electrons. The maximum atomic E-state index is 13.9. The third-order valence-electron chi connectivity index (χ3n) is 3.48. The number of ether oxygens (including phenoxy) is 2. The van der Waals surface area contributed by atoms with Crippen molar-refractivity contribution in [1.29, 1.82) is 0 Å². The summed E-state index contributed by atoms with van der Waals surface area (Å²) in [4.78, 5) is 16.7. The molecule has 0 saturated carbocycles. The van der Waals surface area contributed by atoms with E-state index in [-0.39, 0.29) is 18.3 Å². The number of amides is 1. The van der Waals surface area contributed by atoms with Gasteiger partial charge in [-0.3, -0.25) is 4.79 Å². The number of hydrogen-bond acceptors (Lipinski definition) is 5. The lowest BCUT2D eigenvalue weighted by Crippen LogP contribution is -2.14. The standard InChI is InChI=1S/C19H17FN2O3S/c1-2-24-18-8-7-13(9-16(18)20)22-19(23)15-5-3-4-6-17(15)25-10-14-11-26-12-21-14/h3-9,11-12H,2,10H2,1H3,(H,22,23). The smallest absolute Gasteiger partial charge is 0.259 e. The number of aromatic nitrogens is 1. The summed E-state index contributed by atoms with van der Waals surface area (Å²) in [6, 6.07) is 11.2. The van der Waals surface area contributed by atoms with Gasteiger partial charge in [0, 0.05) is 17.1 Å². The van der Waals surface area contributed by atoms with Gasteiger partial charge in [0.05, 0.1) is 23.4 Å². The predicted molar refractivity (Wildman–Crippen MR) is 98.4 cm³/mol. The highest BCUT2D eigenvalue weighted by Crippen LogP contribution is 2.24. The molecular formula is C19H17FN2O3S. The average Bonchev–Trinajstić information content (AvgIpc) is 3.16. The molecule has 7 heteroatoms. The van der Waals surface area contributed by atoms with Crippen LogP contribution < -0.4 is 14.8 Å². The van der Waals surface area contributed by atoms with Crippen LogP contribution in [0.15, 0.2) is 53.4 Å². The SMILES string of the molecule is CCOc1ccc(NC(=O)c2ccccc2OCc2cscn2)cc1F. The van der Waals surface area contributed by atoms with Crippen molar-refractivity contribution in [1.82, 2.24) is 4.98 Å². The number of carbonyl (C=O) groups excluding carboxylic acids is 1. The molecule has 0 saturated heterocycles. The van der Waals surface area contributed by atoms with Gasteiger partial charge in [0.1, 0.15) is 12.4 Å². The highest BCUT2D eigenvalue weighted by molar-refractivity contribution is 7.07. The first-order chi connectivity index (χ1) is 12.7. The molecular weight excluding hydrogens is 355 g/mol. The van der Waals surface area contributed by atoms with Gasteiger partial charge in [0.25, 0.3) is 5.91 Å². The van der Waals surface area contributed by atoms with Crippen LogP contribution in [0.4, 0.5) is 10.1 Å². The van der Waals surface area contributed by atoms with Crippen molar-refractivity contribution in [3.8, 4) is 11.5 Å². The van der Waals surface area contributed by atoms with E-state index in [1.54, 1.807) is 42.8 Å². The van der Waals surface area contributed by atoms with Crippen molar-refractivity contribution in [2.24, 2.45) is 0 Å². The van der Waals surface area contributed by atoms with Crippen LogP contribution in [-0.2, 0) is 6.61 Å². The van der Waals surface area contributed by atoms with E-state index >= 15 is 0 Å². The molecule has 0 aliphatic carbocycles. The van der Waals surface area contributed by atoms with Crippen LogP contribution in [-0.4, -0.2) is 17.5 Å². The van der Waals surface area contributed by atoms with Gasteiger partial charge in [-0.1, -0.05) is 12.1 Å². The van der Waals surface area contributed by atoms with Crippen LogP contribution >= 0.6 is 11.3 Å². The summed E-state index contributed by atoms with van der Waals surface area (Å²) < 4.78 is 24.8. The number of anilines is 1. The first-order valence-corrected chi connectivity index (χ1v) is 8.94. The quantitative estimate of drug-likeness (QED) is 0.663. The zero-order valence-corrected chi connectivity index (χ0v) is 14.9. The van der Waals surface area contributed by atoms with Crippen LogP contribution in [0.5, 0.6) is 11.5 Å². The monoisotopic (exact) mass is 372 g/mol. The number of carbonyl (C=O) groups is 1. The van der Waals surface area contributed by atoms with Crippen LogP contribution in [0.1, 0.15) is 23.0 Å². The predicted octanol–water partition coefficient (Wildman–Crippen LogP) is 4.51. The van der Waals surface area contributed by atoms with E-state index in [0.717, 1.165) is 5.69 Å². The third kappa shape index (κ3) is 4.37. The Kier molecular flexibility index (Phi) is 5.80. The number of nitrogens with one attached hydrogen (secondary N) is 1. The third-order valence-corrected chi connectivity index (χ3v) is 4.12. The van der Waals surface area contributed by atoms with Crippen molar-refractivity contribution in [2.75, 3.05) is 11.9 Å². The average molecular weight is 372 g/mol. The lowest BCUT2D eigenvalue weighted by Gasteiger charge is -2.12. The molecule has 134 valence electrons. The molecule has 0 unspecified atom stereocenters. The Balaban J connectivity index is 1.72. The Labute approximate surface area is 154 Å². The minimum absolute atomic E-state index is 0.150. The molecule has 5 nitrogen and oxygen atoms in total. The maximum absolute atomic E-state index is 13.9. The largest absolute Gasteiger partial charge is 0.491 e. The maximum Gasteiger partial charge on any atom is 0.259 e. The molecule has 0 aliphatic heterocycles. The van der Waals surface area contributed by atoms with Crippen molar-refractivity contribution < 1.29 is 18.7 Å². The van der Waals surface area contributed by atoms with Crippen LogP contribution in [0.3, 0.4) is 0 Å². The lowest BCUT2D eigenvalue weighted by atomic mass is 10.2. The number of hydrogen-bond donors (Lipinski definition) is 1. The van der Waals surface area contributed by atoms with Gasteiger partial charge in [0.2, 0.25) is 0 Å². The Morgan fingerprint density at radius 1 is 1.19 bits per heavy atom. The first-order valence-electron chi connectivity index (χ1n) is 8.00. The number of rotatable bonds is 7. The second-order valence-electron chi connectivity index (χ2n) is 5.30. The van der Waals surface area contributed by atoms with Gasteiger partial charge < -0.3 is 14.8 Å². The molecule has 1 heterocycles. The molecule has 0 spiro atoms. The number of nitrogens with zero attached hydrogens (tertiary/aromatic N) is 1. The fourth-order valence-electron chi connectivity index (χ4n) is 2.29. The van der Waals surface area contributed by atoms with Crippen LogP contribution in [0, 0.1) is 5.82 Å². The van der Waals surface area contributed by atoms with Crippen molar-refractivity contribution >= 4 is 22.9 Å². The zero-order chi connectivity index (χ0) is 18.4. The second kappa shape index (κ2) is 8.44. The van der Waals surface area contributed by atoms with Crippen molar-refractivity contribution in [2.45, 2.75) is 13.5 Å². The Bertz CT molecular complexity index is 884. The number of benzene rings is 2. The molecule has 1 N–H and O–H groups in total. The molecule has 0 aliphatic rings. The Hall–Kier alpha value is -2.93. The normalized spacial score (nSPS) is 10.4. The van der Waals surface area contributed by atoms with Gasteiger partial charge in [-0.15, -0.1) is 11.3 Å². The molecule has 2 aromatic carbocycles. The van der Waals surface area contributed by atoms with E-state index in [1.807, 2.05) is 5.38 Å². The molecule has 26 heavy (non-hydrogen) atoms. The molecule has 0 atom stereocenters. The topological polar surface area (TPSA) is 60.5 Å². The minimum Gasteiger partial charge on any atom is -0.491 e. The summed E-state index contributed by atoms with van der Waals surface area (Å²) >= 11 is 1.48. The van der Waals surface area contributed by atoms with Gasteiger partial charge >= 0.3 is 0 Å². The summed E-state index contributed by atoms with van der Waals surface area (Å²) in [7, 11) is 0. The van der Waals surface area contributed by atoms with Gasteiger partial charge in [-0.25, -0.2) is 9.37 Å². The number of para-hydroxylation sites is 1. The van der Waals surface area contributed by atoms with E-state index in [4.69, 9.17) is 9.47 Å². The fourth-order valence-corrected chi connectivity index (χ4v) is 2.83. The van der Waals surface area contributed by atoms with Crippen molar-refractivity contribution in [3.63, 3.8) is 0 Å². The van der Waals surface area contributed by atoms with E-state index in [2.05, 4.69) is 10.3 Å². The highest BCUT2D eigenvalue weighted by Gasteiger charge is 2.14. The van der Waals surface area contributed by atoms with E-state index in [9.17, 15) is 9.18 Å². The Morgan fingerprint density at radius 2 is 2.04 bits per heavy atom. The molecule has 0 fully saturated rings. The summed E-state index contributed by atoms with van der Waals surface area (Å²) in [5.41, 5.74) is 3.21. The summed E-state index contributed by atoms with van der Waals surface area (Å²) in [5.74, 6) is -0.331. The molecule has 1 amide bonds. The molecule has 3 rings (SSSR count).